The van der Waals surface area contributed by atoms with Gasteiger partial charge in [-0.2, -0.15) is 15.0 Å². The fraction of sp³-hybridized carbons (Fsp3) is 0.278. The van der Waals surface area contributed by atoms with Crippen LogP contribution in [-0.4, -0.2) is 40.0 Å². The van der Waals surface area contributed by atoms with Crippen LogP contribution in [0.2, 0.25) is 0 Å². The molecule has 0 saturated carbocycles. The van der Waals surface area contributed by atoms with Crippen molar-refractivity contribution in [3.63, 3.8) is 0 Å². The standard InChI is InChI=1S/C18H20N6O2/c1-10-12-7-5-6-8-13(12)20-11(2)15(10)16(25)26-9-14-21-17(19)23-18(22-14)24(3)4/h5-8H,9H2,1-4H3,(H2,19,21,22,23). The third-order valence-electron chi connectivity index (χ3n) is 3.96. The number of rotatable bonds is 4. The molecule has 0 atom stereocenters. The second-order valence-electron chi connectivity index (χ2n) is 6.09. The highest BCUT2D eigenvalue weighted by Gasteiger charge is 2.18. The monoisotopic (exact) mass is 352 g/mol. The molecular formula is C18H20N6O2. The number of benzene rings is 1. The smallest absolute Gasteiger partial charge is 0.340 e. The first-order valence-electron chi connectivity index (χ1n) is 8.07. The van der Waals surface area contributed by atoms with Crippen LogP contribution in [-0.2, 0) is 11.3 Å². The maximum atomic E-state index is 12.6. The largest absolute Gasteiger partial charge is 0.454 e. The van der Waals surface area contributed by atoms with E-state index in [2.05, 4.69) is 19.9 Å². The second-order valence-corrected chi connectivity index (χ2v) is 6.09. The Bertz CT molecular complexity index is 987. The van der Waals surface area contributed by atoms with E-state index in [0.29, 0.717) is 23.0 Å². The second kappa shape index (κ2) is 6.91. The van der Waals surface area contributed by atoms with Gasteiger partial charge in [0.1, 0.15) is 0 Å². The molecule has 1 aromatic carbocycles. The lowest BCUT2D eigenvalue weighted by molar-refractivity contribution is 0.0460. The van der Waals surface area contributed by atoms with Crippen LogP contribution in [0.4, 0.5) is 11.9 Å². The number of pyridine rings is 1. The van der Waals surface area contributed by atoms with Crippen molar-refractivity contribution in [1.29, 1.82) is 0 Å². The van der Waals surface area contributed by atoms with Crippen LogP contribution in [0.3, 0.4) is 0 Å². The Morgan fingerprint density at radius 2 is 1.85 bits per heavy atom. The highest BCUT2D eigenvalue weighted by atomic mass is 16.5. The lowest BCUT2D eigenvalue weighted by Crippen LogP contribution is -2.17. The first-order valence-corrected chi connectivity index (χ1v) is 8.07. The number of ether oxygens (including phenoxy) is 1. The normalized spacial score (nSPS) is 10.8. The molecule has 0 radical (unpaired) electrons. The van der Waals surface area contributed by atoms with E-state index in [0.717, 1.165) is 16.5 Å². The molecule has 0 aliphatic rings. The Kier molecular flexibility index (Phi) is 4.66. The predicted octanol–water partition coefficient (Wildman–Crippen LogP) is 2.04. The molecule has 2 N–H and O–H groups in total. The fourth-order valence-corrected chi connectivity index (χ4v) is 2.72. The summed E-state index contributed by atoms with van der Waals surface area (Å²) in [6.45, 7) is 3.58. The van der Waals surface area contributed by atoms with E-state index in [4.69, 9.17) is 10.5 Å². The van der Waals surface area contributed by atoms with E-state index in [-0.39, 0.29) is 12.6 Å². The van der Waals surface area contributed by atoms with Gasteiger partial charge in [-0.05, 0) is 25.5 Å². The Labute approximate surface area is 151 Å². The maximum Gasteiger partial charge on any atom is 0.340 e. The number of aromatic nitrogens is 4. The topological polar surface area (TPSA) is 107 Å². The lowest BCUT2D eigenvalue weighted by atomic mass is 10.0. The highest BCUT2D eigenvalue weighted by Crippen LogP contribution is 2.23. The molecule has 134 valence electrons. The molecule has 8 heteroatoms. The molecule has 0 saturated heterocycles. The minimum Gasteiger partial charge on any atom is -0.454 e. The van der Waals surface area contributed by atoms with Gasteiger partial charge in [-0.1, -0.05) is 18.2 Å². The molecular weight excluding hydrogens is 332 g/mol. The van der Waals surface area contributed by atoms with E-state index in [1.807, 2.05) is 31.2 Å². The molecule has 0 amide bonds. The van der Waals surface area contributed by atoms with Gasteiger partial charge >= 0.3 is 5.97 Å². The Morgan fingerprint density at radius 3 is 2.58 bits per heavy atom. The summed E-state index contributed by atoms with van der Waals surface area (Å²) in [5, 5.41) is 0.921. The van der Waals surface area contributed by atoms with E-state index >= 15 is 0 Å². The van der Waals surface area contributed by atoms with Gasteiger partial charge in [-0.15, -0.1) is 0 Å². The number of hydrogen-bond acceptors (Lipinski definition) is 8. The van der Waals surface area contributed by atoms with Crippen molar-refractivity contribution in [2.24, 2.45) is 0 Å². The average molecular weight is 352 g/mol. The van der Waals surface area contributed by atoms with Gasteiger partial charge in [0, 0.05) is 19.5 Å². The number of hydrogen-bond donors (Lipinski definition) is 1. The predicted molar refractivity (Wildman–Crippen MR) is 98.9 cm³/mol. The van der Waals surface area contributed by atoms with Crippen molar-refractivity contribution < 1.29 is 9.53 Å². The third-order valence-corrected chi connectivity index (χ3v) is 3.96. The molecule has 8 nitrogen and oxygen atoms in total. The fourth-order valence-electron chi connectivity index (χ4n) is 2.72. The van der Waals surface area contributed by atoms with Crippen LogP contribution in [0, 0.1) is 13.8 Å². The summed E-state index contributed by atoms with van der Waals surface area (Å²) in [4.78, 5) is 31.1. The molecule has 3 aromatic rings. The van der Waals surface area contributed by atoms with Crippen LogP contribution < -0.4 is 10.6 Å². The number of esters is 1. The molecule has 0 fully saturated rings. The first-order chi connectivity index (χ1) is 12.4. The molecule has 0 aliphatic carbocycles. The minimum absolute atomic E-state index is 0.0782. The number of para-hydroxylation sites is 1. The molecule has 3 rings (SSSR count). The van der Waals surface area contributed by atoms with Crippen molar-refractivity contribution in [3.05, 3.63) is 46.9 Å². The minimum atomic E-state index is -0.469. The van der Waals surface area contributed by atoms with Crippen molar-refractivity contribution in [2.45, 2.75) is 20.5 Å². The van der Waals surface area contributed by atoms with Gasteiger partial charge in [-0.3, -0.25) is 4.98 Å². The van der Waals surface area contributed by atoms with Gasteiger partial charge in [0.2, 0.25) is 11.9 Å². The van der Waals surface area contributed by atoms with Crippen molar-refractivity contribution in [3.8, 4) is 0 Å². The lowest BCUT2D eigenvalue weighted by Gasteiger charge is -2.13. The molecule has 2 aromatic heterocycles. The quantitative estimate of drug-likeness (QED) is 0.711. The zero-order valence-electron chi connectivity index (χ0n) is 15.1. The summed E-state index contributed by atoms with van der Waals surface area (Å²) in [6.07, 6.45) is 0. The van der Waals surface area contributed by atoms with E-state index in [9.17, 15) is 4.79 Å². The molecule has 0 bridgehead atoms. The van der Waals surface area contributed by atoms with Crippen LogP contribution in [0.15, 0.2) is 24.3 Å². The number of anilines is 2. The number of fused-ring (bicyclic) bond motifs is 1. The van der Waals surface area contributed by atoms with Crippen LogP contribution >= 0.6 is 0 Å². The Hall–Kier alpha value is -3.29. The highest BCUT2D eigenvalue weighted by molar-refractivity contribution is 5.98. The van der Waals surface area contributed by atoms with Crippen molar-refractivity contribution in [2.75, 3.05) is 24.7 Å². The summed E-state index contributed by atoms with van der Waals surface area (Å²) in [5.74, 6) is 0.306. The zero-order valence-corrected chi connectivity index (χ0v) is 15.1. The van der Waals surface area contributed by atoms with Gasteiger partial charge < -0.3 is 15.4 Å². The first kappa shape index (κ1) is 17.5. The molecule has 0 unspecified atom stereocenters. The summed E-state index contributed by atoms with van der Waals surface area (Å²) >= 11 is 0. The van der Waals surface area contributed by atoms with Crippen LogP contribution in [0.25, 0.3) is 10.9 Å². The summed E-state index contributed by atoms with van der Waals surface area (Å²) < 4.78 is 5.41. The van der Waals surface area contributed by atoms with Gasteiger partial charge in [-0.25, -0.2) is 4.79 Å². The van der Waals surface area contributed by atoms with E-state index < -0.39 is 5.97 Å². The average Bonchev–Trinajstić information content (AvgIpc) is 2.59. The zero-order chi connectivity index (χ0) is 18.8. The Morgan fingerprint density at radius 1 is 1.12 bits per heavy atom. The number of aryl methyl sites for hydroxylation is 2. The molecule has 2 heterocycles. The van der Waals surface area contributed by atoms with Crippen LogP contribution in [0.5, 0.6) is 0 Å². The SMILES string of the molecule is Cc1nc2ccccc2c(C)c1C(=O)OCc1nc(N)nc(N(C)C)n1. The Balaban J connectivity index is 1.86. The summed E-state index contributed by atoms with van der Waals surface area (Å²) in [5.41, 5.74) is 8.45. The van der Waals surface area contributed by atoms with Crippen molar-refractivity contribution in [1.82, 2.24) is 19.9 Å². The number of carbonyl (C=O) groups excluding carboxylic acids is 1. The maximum absolute atomic E-state index is 12.6. The van der Waals surface area contributed by atoms with Crippen molar-refractivity contribution >= 4 is 28.8 Å². The van der Waals surface area contributed by atoms with E-state index in [1.165, 1.54) is 0 Å². The van der Waals surface area contributed by atoms with Crippen LogP contribution in [0.1, 0.15) is 27.4 Å². The van der Waals surface area contributed by atoms with Gasteiger partial charge in [0.15, 0.2) is 12.4 Å². The van der Waals surface area contributed by atoms with E-state index in [1.54, 1.807) is 25.9 Å². The number of nitrogens with zero attached hydrogens (tertiary/aromatic N) is 5. The van der Waals surface area contributed by atoms with Gasteiger partial charge in [0.25, 0.3) is 0 Å². The summed E-state index contributed by atoms with van der Waals surface area (Å²) in [7, 11) is 3.58. The molecule has 0 aliphatic heterocycles. The number of carbonyl (C=O) groups is 1. The summed E-state index contributed by atoms with van der Waals surface area (Å²) in [6, 6.07) is 7.68. The molecule has 0 spiro atoms. The number of nitrogens with two attached hydrogens (primary N) is 1. The third kappa shape index (κ3) is 3.39. The van der Waals surface area contributed by atoms with Gasteiger partial charge in [0.05, 0.1) is 16.8 Å². The number of nitrogen functional groups attached to an aromatic ring is 1. The molecule has 26 heavy (non-hydrogen) atoms.